The molecule has 0 heterocycles. The molecule has 0 fully saturated rings. The highest BCUT2D eigenvalue weighted by Crippen LogP contribution is 2.18. The number of esters is 1. The number of nitrogens with two attached hydrogens (primary N) is 1. The number of nitrogens with one attached hydrogen (secondary N) is 1. The lowest BCUT2D eigenvalue weighted by Gasteiger charge is -2.18. The number of ether oxygens (including phenoxy) is 1. The maximum atomic E-state index is 12.7. The zero-order chi connectivity index (χ0) is 33.9. The van der Waals surface area contributed by atoms with E-state index in [0.717, 1.165) is 64.2 Å². The van der Waals surface area contributed by atoms with Gasteiger partial charge in [-0.25, -0.2) is 4.79 Å². The van der Waals surface area contributed by atoms with Crippen molar-refractivity contribution in [2.45, 2.75) is 212 Å². The minimum Gasteiger partial charge on any atom is -0.480 e. The number of carboxylic acids is 1. The molecule has 0 rings (SSSR count). The van der Waals surface area contributed by atoms with E-state index >= 15 is 0 Å². The molecule has 0 bridgehead atoms. The molecule has 7 heteroatoms. The summed E-state index contributed by atoms with van der Waals surface area (Å²) in [5.41, 5.74) is 5.47. The Hall–Kier alpha value is -1.89. The van der Waals surface area contributed by atoms with E-state index < -0.39 is 12.0 Å². The predicted octanol–water partition coefficient (Wildman–Crippen LogP) is 10.3. The first-order chi connectivity index (χ1) is 22.4. The molecule has 7 nitrogen and oxygen atoms in total. The van der Waals surface area contributed by atoms with Crippen molar-refractivity contribution in [3.8, 4) is 0 Å². The highest BCUT2D eigenvalue weighted by atomic mass is 16.5. The van der Waals surface area contributed by atoms with Gasteiger partial charge in [-0.15, -0.1) is 0 Å². The van der Waals surface area contributed by atoms with Crippen LogP contribution in [-0.4, -0.2) is 41.6 Å². The molecule has 0 aliphatic heterocycles. The van der Waals surface area contributed by atoms with Crippen LogP contribution in [0.3, 0.4) is 0 Å². The van der Waals surface area contributed by atoms with Crippen LogP contribution in [0.4, 0.5) is 0 Å². The van der Waals surface area contributed by atoms with Gasteiger partial charge in [-0.3, -0.25) is 9.59 Å². The Labute approximate surface area is 283 Å². The van der Waals surface area contributed by atoms with E-state index in [-0.39, 0.29) is 18.0 Å². The smallest absolute Gasteiger partial charge is 0.326 e. The average molecular weight is 651 g/mol. The first kappa shape index (κ1) is 44.1. The van der Waals surface area contributed by atoms with Gasteiger partial charge in [-0.2, -0.15) is 0 Å². The summed E-state index contributed by atoms with van der Waals surface area (Å²) in [6.45, 7) is 4.91. The molecule has 0 aromatic heterocycles. The Morgan fingerprint density at radius 1 is 0.609 bits per heavy atom. The van der Waals surface area contributed by atoms with Crippen LogP contribution in [0.25, 0.3) is 0 Å². The summed E-state index contributed by atoms with van der Waals surface area (Å²) in [6, 6.07) is -0.853. The van der Waals surface area contributed by atoms with Crippen LogP contribution in [0.5, 0.6) is 0 Å². The van der Waals surface area contributed by atoms with Crippen molar-refractivity contribution in [1.82, 2.24) is 5.32 Å². The number of hydrogen-bond acceptors (Lipinski definition) is 5. The molecule has 0 aliphatic rings. The summed E-state index contributed by atoms with van der Waals surface area (Å²) >= 11 is 0. The third-order valence-corrected chi connectivity index (χ3v) is 8.83. The van der Waals surface area contributed by atoms with Gasteiger partial charge in [0, 0.05) is 12.8 Å². The van der Waals surface area contributed by atoms with Crippen molar-refractivity contribution in [3.63, 3.8) is 0 Å². The first-order valence-corrected chi connectivity index (χ1v) is 19.5. The van der Waals surface area contributed by atoms with Crippen molar-refractivity contribution in [2.75, 3.05) is 6.54 Å². The monoisotopic (exact) mass is 651 g/mol. The summed E-state index contributed by atoms with van der Waals surface area (Å²) < 4.78 is 5.99. The lowest BCUT2D eigenvalue weighted by Crippen LogP contribution is -2.40. The van der Waals surface area contributed by atoms with Crippen LogP contribution in [0.2, 0.25) is 0 Å². The summed E-state index contributed by atoms with van der Waals surface area (Å²) in [6.07, 6.45) is 35.4. The van der Waals surface area contributed by atoms with Gasteiger partial charge in [0.1, 0.15) is 12.1 Å². The number of rotatable bonds is 35. The maximum absolute atomic E-state index is 12.7. The second kappa shape index (κ2) is 34.4. The zero-order valence-corrected chi connectivity index (χ0v) is 30.2. The van der Waals surface area contributed by atoms with E-state index in [0.29, 0.717) is 32.2 Å². The van der Waals surface area contributed by atoms with E-state index in [2.05, 4.69) is 31.3 Å². The number of amides is 1. The van der Waals surface area contributed by atoms with Crippen LogP contribution in [0.15, 0.2) is 12.2 Å². The maximum Gasteiger partial charge on any atom is 0.326 e. The molecule has 46 heavy (non-hydrogen) atoms. The number of allylic oxidation sites excluding steroid dienone is 2. The molecule has 0 spiro atoms. The second-order valence-corrected chi connectivity index (χ2v) is 13.3. The van der Waals surface area contributed by atoms with Crippen molar-refractivity contribution >= 4 is 17.8 Å². The standard InChI is InChI=1S/C39H74N2O5/c1-3-5-7-9-11-12-13-14-15-16-18-23-27-33-38(43)46-35(29-24-20-17-10-8-6-4-2)30-25-21-19-22-26-32-37(42)41-36(39(44)45)31-28-34-40/h12-13,35-36H,3-11,14-34,40H2,1-2H3,(H,41,42)(H,44,45)/b13-12-. The topological polar surface area (TPSA) is 119 Å². The molecule has 0 saturated carbocycles. The predicted molar refractivity (Wildman–Crippen MR) is 193 cm³/mol. The van der Waals surface area contributed by atoms with E-state index in [1.807, 2.05) is 0 Å². The minimum atomic E-state index is -1.00. The van der Waals surface area contributed by atoms with E-state index in [1.54, 1.807) is 0 Å². The van der Waals surface area contributed by atoms with Gasteiger partial charge in [-0.05, 0) is 83.6 Å². The number of aliphatic carboxylic acids is 1. The first-order valence-electron chi connectivity index (χ1n) is 19.5. The fraction of sp³-hybridized carbons (Fsp3) is 0.872. The molecule has 0 aromatic rings. The van der Waals surface area contributed by atoms with E-state index in [9.17, 15) is 19.5 Å². The lowest BCUT2D eigenvalue weighted by atomic mass is 10.0. The van der Waals surface area contributed by atoms with Crippen LogP contribution >= 0.6 is 0 Å². The molecule has 1 amide bonds. The molecule has 270 valence electrons. The molecule has 0 aliphatic carbocycles. The third kappa shape index (κ3) is 30.7. The molecule has 0 aromatic carbocycles. The van der Waals surface area contributed by atoms with E-state index in [4.69, 9.17) is 10.5 Å². The van der Waals surface area contributed by atoms with Gasteiger partial charge >= 0.3 is 11.9 Å². The van der Waals surface area contributed by atoms with Crippen LogP contribution in [0.1, 0.15) is 200 Å². The Balaban J connectivity index is 4.22. The molecule has 2 atom stereocenters. The van der Waals surface area contributed by atoms with Crippen LogP contribution < -0.4 is 11.1 Å². The quantitative estimate of drug-likeness (QED) is 0.0357. The Morgan fingerprint density at radius 2 is 1.07 bits per heavy atom. The Kier molecular flexibility index (Phi) is 33.0. The van der Waals surface area contributed by atoms with Gasteiger partial charge in [0.2, 0.25) is 5.91 Å². The van der Waals surface area contributed by atoms with Crippen molar-refractivity contribution < 1.29 is 24.2 Å². The highest BCUT2D eigenvalue weighted by molar-refractivity contribution is 5.83. The van der Waals surface area contributed by atoms with Crippen LogP contribution in [-0.2, 0) is 19.1 Å². The third-order valence-electron chi connectivity index (χ3n) is 8.83. The number of carbonyl (C=O) groups is 3. The van der Waals surface area contributed by atoms with Gasteiger partial charge < -0.3 is 20.9 Å². The normalized spacial score (nSPS) is 12.8. The number of hydrogen-bond donors (Lipinski definition) is 3. The second-order valence-electron chi connectivity index (χ2n) is 13.3. The summed E-state index contributed by atoms with van der Waals surface area (Å²) in [4.78, 5) is 36.1. The largest absolute Gasteiger partial charge is 0.480 e. The summed E-state index contributed by atoms with van der Waals surface area (Å²) in [5, 5.41) is 11.9. The van der Waals surface area contributed by atoms with Crippen molar-refractivity contribution in [2.24, 2.45) is 5.73 Å². The number of unbranched alkanes of at least 4 members (excludes halogenated alkanes) is 19. The fourth-order valence-corrected chi connectivity index (χ4v) is 5.86. The summed E-state index contributed by atoms with van der Waals surface area (Å²) in [5.74, 6) is -1.24. The van der Waals surface area contributed by atoms with Crippen molar-refractivity contribution in [3.05, 3.63) is 12.2 Å². The Morgan fingerprint density at radius 3 is 1.59 bits per heavy atom. The molecular formula is C39H74N2O5. The van der Waals surface area contributed by atoms with Gasteiger partial charge in [0.25, 0.3) is 0 Å². The fourth-order valence-electron chi connectivity index (χ4n) is 5.86. The number of carbonyl (C=O) groups excluding carboxylic acids is 2. The highest BCUT2D eigenvalue weighted by Gasteiger charge is 2.19. The summed E-state index contributed by atoms with van der Waals surface area (Å²) in [7, 11) is 0. The van der Waals surface area contributed by atoms with Crippen molar-refractivity contribution in [1.29, 1.82) is 0 Å². The molecule has 0 radical (unpaired) electrons. The van der Waals surface area contributed by atoms with Gasteiger partial charge in [-0.1, -0.05) is 122 Å². The van der Waals surface area contributed by atoms with Crippen LogP contribution in [0, 0.1) is 0 Å². The Bertz CT molecular complexity index is 742. The van der Waals surface area contributed by atoms with Gasteiger partial charge in [0.15, 0.2) is 0 Å². The number of carboxylic acid groups (broad SMARTS) is 1. The lowest BCUT2D eigenvalue weighted by molar-refractivity contribution is -0.150. The molecule has 2 unspecified atom stereocenters. The average Bonchev–Trinajstić information content (AvgIpc) is 3.03. The van der Waals surface area contributed by atoms with E-state index in [1.165, 1.54) is 96.3 Å². The molecular weight excluding hydrogens is 576 g/mol. The minimum absolute atomic E-state index is 0.0177. The zero-order valence-electron chi connectivity index (χ0n) is 30.2. The van der Waals surface area contributed by atoms with Gasteiger partial charge in [0.05, 0.1) is 0 Å². The molecule has 0 saturated heterocycles. The SMILES string of the molecule is CCCCCC/C=C\CCCCCCCC(=O)OC(CCCCCCCCC)CCCCCCCC(=O)NC(CCCN)C(=O)O. The molecule has 4 N–H and O–H groups in total.